The lowest BCUT2D eigenvalue weighted by atomic mass is 10.2. The molecule has 0 saturated carbocycles. The van der Waals surface area contributed by atoms with Gasteiger partial charge in [0.25, 0.3) is 0 Å². The van der Waals surface area contributed by atoms with Gasteiger partial charge in [-0.1, -0.05) is 0 Å². The highest BCUT2D eigenvalue weighted by Crippen LogP contribution is 2.03. The molecule has 0 spiro atoms. The van der Waals surface area contributed by atoms with Crippen molar-refractivity contribution in [3.63, 3.8) is 0 Å². The minimum absolute atomic E-state index is 0.125. The molecule has 1 unspecified atom stereocenters. The number of ether oxygens (including phenoxy) is 1. The van der Waals surface area contributed by atoms with E-state index < -0.39 is 12.1 Å². The van der Waals surface area contributed by atoms with Gasteiger partial charge in [0, 0.05) is 18.8 Å². The number of carbonyl (C=O) groups is 1. The van der Waals surface area contributed by atoms with Gasteiger partial charge in [0.15, 0.2) is 6.10 Å². The standard InChI is InChI=1S/C11H16N2O3/c1-7(2)16-11(15)10(14)4-9-6-12-5-8(3)13-9/h5-7,10,14H,4H2,1-3H3. The van der Waals surface area contributed by atoms with Crippen LogP contribution >= 0.6 is 0 Å². The average molecular weight is 224 g/mol. The molecule has 0 aromatic carbocycles. The summed E-state index contributed by atoms with van der Waals surface area (Å²) in [5, 5.41) is 9.57. The van der Waals surface area contributed by atoms with E-state index in [1.165, 1.54) is 6.20 Å². The van der Waals surface area contributed by atoms with Crippen molar-refractivity contribution < 1.29 is 14.6 Å². The molecule has 0 aliphatic heterocycles. The molecule has 1 rings (SSSR count). The number of esters is 1. The number of nitrogens with zero attached hydrogens (tertiary/aromatic N) is 2. The third kappa shape index (κ3) is 3.94. The van der Waals surface area contributed by atoms with Crippen molar-refractivity contribution in [3.8, 4) is 0 Å². The number of aliphatic hydroxyl groups is 1. The van der Waals surface area contributed by atoms with Crippen LogP contribution < -0.4 is 0 Å². The Bertz CT molecular complexity index is 366. The highest BCUT2D eigenvalue weighted by atomic mass is 16.6. The molecule has 0 amide bonds. The average Bonchev–Trinajstić information content (AvgIpc) is 2.16. The molecule has 1 atom stereocenters. The van der Waals surface area contributed by atoms with Crippen LogP contribution in [0.4, 0.5) is 0 Å². The summed E-state index contributed by atoms with van der Waals surface area (Å²) < 4.78 is 4.88. The summed E-state index contributed by atoms with van der Waals surface area (Å²) in [6, 6.07) is 0. The summed E-state index contributed by atoms with van der Waals surface area (Å²) in [6.45, 7) is 5.27. The van der Waals surface area contributed by atoms with Gasteiger partial charge in [-0.3, -0.25) is 9.97 Å². The van der Waals surface area contributed by atoms with E-state index in [4.69, 9.17) is 4.74 Å². The first kappa shape index (κ1) is 12.6. The Hall–Kier alpha value is -1.49. The Kier molecular flexibility index (Phi) is 4.37. The molecule has 5 nitrogen and oxygen atoms in total. The first-order valence-corrected chi connectivity index (χ1v) is 5.15. The third-order valence-electron chi connectivity index (χ3n) is 1.83. The molecule has 1 heterocycles. The summed E-state index contributed by atoms with van der Waals surface area (Å²) in [7, 11) is 0. The molecular formula is C11H16N2O3. The molecule has 0 saturated heterocycles. The van der Waals surface area contributed by atoms with Crippen molar-refractivity contribution in [3.05, 3.63) is 23.8 Å². The quantitative estimate of drug-likeness (QED) is 0.760. The van der Waals surface area contributed by atoms with Crippen LogP contribution in [0.3, 0.4) is 0 Å². The van der Waals surface area contributed by atoms with Gasteiger partial charge in [-0.25, -0.2) is 4.79 Å². The second-order valence-corrected chi connectivity index (χ2v) is 3.86. The van der Waals surface area contributed by atoms with E-state index in [0.717, 1.165) is 5.69 Å². The van der Waals surface area contributed by atoms with Crippen LogP contribution in [0, 0.1) is 6.92 Å². The van der Waals surface area contributed by atoms with Gasteiger partial charge in [0.05, 0.1) is 17.5 Å². The predicted octanol–water partition coefficient (Wildman–Crippen LogP) is 0.640. The van der Waals surface area contributed by atoms with Crippen molar-refractivity contribution in [1.29, 1.82) is 0 Å². The van der Waals surface area contributed by atoms with Crippen LogP contribution in [0.1, 0.15) is 25.2 Å². The Morgan fingerprint density at radius 2 is 2.19 bits per heavy atom. The van der Waals surface area contributed by atoms with E-state index >= 15 is 0 Å². The van der Waals surface area contributed by atoms with E-state index in [1.54, 1.807) is 27.0 Å². The highest BCUT2D eigenvalue weighted by molar-refractivity contribution is 5.74. The lowest BCUT2D eigenvalue weighted by molar-refractivity contribution is -0.157. The molecule has 0 aliphatic carbocycles. The lowest BCUT2D eigenvalue weighted by Gasteiger charge is -2.12. The van der Waals surface area contributed by atoms with Gasteiger partial charge in [-0.15, -0.1) is 0 Å². The Balaban J connectivity index is 2.57. The molecule has 0 radical (unpaired) electrons. The molecule has 5 heteroatoms. The molecule has 16 heavy (non-hydrogen) atoms. The molecule has 1 aromatic heterocycles. The normalized spacial score (nSPS) is 12.6. The van der Waals surface area contributed by atoms with E-state index in [2.05, 4.69) is 9.97 Å². The van der Waals surface area contributed by atoms with Gasteiger partial charge >= 0.3 is 5.97 Å². The van der Waals surface area contributed by atoms with Crippen LogP contribution in [0.15, 0.2) is 12.4 Å². The van der Waals surface area contributed by atoms with Crippen molar-refractivity contribution in [2.75, 3.05) is 0 Å². The second-order valence-electron chi connectivity index (χ2n) is 3.86. The summed E-state index contributed by atoms with van der Waals surface area (Å²) in [5.74, 6) is -0.627. The highest BCUT2D eigenvalue weighted by Gasteiger charge is 2.19. The molecule has 0 fully saturated rings. The summed E-state index contributed by atoms with van der Waals surface area (Å²) in [4.78, 5) is 19.4. The predicted molar refractivity (Wildman–Crippen MR) is 57.7 cm³/mol. The molecule has 1 aromatic rings. The van der Waals surface area contributed by atoms with E-state index in [-0.39, 0.29) is 12.5 Å². The maximum Gasteiger partial charge on any atom is 0.335 e. The number of carbonyl (C=O) groups excluding carboxylic acids is 1. The van der Waals surface area contributed by atoms with E-state index in [9.17, 15) is 9.90 Å². The van der Waals surface area contributed by atoms with Crippen molar-refractivity contribution in [2.45, 2.75) is 39.4 Å². The topological polar surface area (TPSA) is 72.3 Å². The molecule has 0 bridgehead atoms. The number of aliphatic hydroxyl groups excluding tert-OH is 1. The summed E-state index contributed by atoms with van der Waals surface area (Å²) in [6.07, 6.45) is 1.85. The van der Waals surface area contributed by atoms with Crippen molar-refractivity contribution >= 4 is 5.97 Å². The maximum absolute atomic E-state index is 11.3. The van der Waals surface area contributed by atoms with Gasteiger partial charge in [0.1, 0.15) is 0 Å². The van der Waals surface area contributed by atoms with Gasteiger partial charge in [-0.05, 0) is 20.8 Å². The lowest BCUT2D eigenvalue weighted by Crippen LogP contribution is -2.28. The summed E-state index contributed by atoms with van der Waals surface area (Å²) in [5.41, 5.74) is 1.33. The fourth-order valence-electron chi connectivity index (χ4n) is 1.21. The van der Waals surface area contributed by atoms with Gasteiger partial charge in [-0.2, -0.15) is 0 Å². The fraction of sp³-hybridized carbons (Fsp3) is 0.545. The number of rotatable bonds is 4. The van der Waals surface area contributed by atoms with Crippen LogP contribution in [-0.2, 0) is 16.0 Å². The van der Waals surface area contributed by atoms with Gasteiger partial charge < -0.3 is 9.84 Å². The minimum atomic E-state index is -1.18. The van der Waals surface area contributed by atoms with E-state index in [0.29, 0.717) is 5.69 Å². The molecule has 0 aliphatic rings. The maximum atomic E-state index is 11.3. The zero-order valence-corrected chi connectivity index (χ0v) is 9.67. The zero-order valence-electron chi connectivity index (χ0n) is 9.67. The molecular weight excluding hydrogens is 208 g/mol. The SMILES string of the molecule is Cc1cncc(CC(O)C(=O)OC(C)C)n1. The van der Waals surface area contributed by atoms with Crippen LogP contribution in [0.25, 0.3) is 0 Å². The van der Waals surface area contributed by atoms with Crippen LogP contribution in [-0.4, -0.2) is 33.3 Å². The Labute approximate surface area is 94.5 Å². The number of hydrogen-bond acceptors (Lipinski definition) is 5. The molecule has 88 valence electrons. The largest absolute Gasteiger partial charge is 0.461 e. The Morgan fingerprint density at radius 1 is 1.50 bits per heavy atom. The fourth-order valence-corrected chi connectivity index (χ4v) is 1.21. The number of hydrogen-bond donors (Lipinski definition) is 1. The zero-order chi connectivity index (χ0) is 12.1. The van der Waals surface area contributed by atoms with Crippen LogP contribution in [0.2, 0.25) is 0 Å². The first-order chi connectivity index (χ1) is 7.49. The smallest absolute Gasteiger partial charge is 0.335 e. The monoisotopic (exact) mass is 224 g/mol. The van der Waals surface area contributed by atoms with E-state index in [1.807, 2.05) is 0 Å². The van der Waals surface area contributed by atoms with Crippen LogP contribution in [0.5, 0.6) is 0 Å². The second kappa shape index (κ2) is 5.55. The number of aromatic nitrogens is 2. The number of aryl methyl sites for hydroxylation is 1. The summed E-state index contributed by atoms with van der Waals surface area (Å²) >= 11 is 0. The molecule has 1 N–H and O–H groups in total. The van der Waals surface area contributed by atoms with Gasteiger partial charge in [0.2, 0.25) is 0 Å². The third-order valence-corrected chi connectivity index (χ3v) is 1.83. The van der Waals surface area contributed by atoms with Crippen molar-refractivity contribution in [2.24, 2.45) is 0 Å². The van der Waals surface area contributed by atoms with Crippen molar-refractivity contribution in [1.82, 2.24) is 9.97 Å². The minimum Gasteiger partial charge on any atom is -0.461 e. The first-order valence-electron chi connectivity index (χ1n) is 5.15. The Morgan fingerprint density at radius 3 is 2.75 bits per heavy atom.